The molecule has 0 atom stereocenters. The molecule has 74 valence electrons. The summed E-state index contributed by atoms with van der Waals surface area (Å²) >= 11 is 5.97. The number of carbonyl (C=O) groups is 1. The smallest absolute Gasteiger partial charge is 0.410 e. The predicted octanol–water partition coefficient (Wildman–Crippen LogP) is 2.70. The molecule has 4 nitrogen and oxygen atoms in total. The average Bonchev–Trinajstić information content (AvgIpc) is 2.86. The van der Waals surface area contributed by atoms with Crippen molar-refractivity contribution >= 4 is 23.5 Å². The number of carboxylic acid groups (broad SMARTS) is 1. The number of halogens is 1. The van der Waals surface area contributed by atoms with Crippen molar-refractivity contribution < 1.29 is 9.90 Å². The molecule has 1 aromatic heterocycles. The first-order chi connectivity index (χ1) is 6.66. The highest BCUT2D eigenvalue weighted by Crippen LogP contribution is 2.43. The van der Waals surface area contributed by atoms with Crippen LogP contribution in [0.3, 0.4) is 0 Å². The Kier molecular flexibility index (Phi) is 2.29. The summed E-state index contributed by atoms with van der Waals surface area (Å²) in [5, 5.41) is 11.2. The third-order valence-corrected chi connectivity index (χ3v) is 2.46. The maximum atomic E-state index is 10.3. The van der Waals surface area contributed by atoms with E-state index in [0.717, 1.165) is 18.4 Å². The fraction of sp³-hybridized carbons (Fsp3) is 0.333. The number of aromatic nitrogens is 1. The fourth-order valence-electron chi connectivity index (χ4n) is 1.31. The number of hydrogen-bond acceptors (Lipinski definition) is 2. The Hall–Kier alpha value is -1.29. The Labute approximate surface area is 85.9 Å². The second-order valence-electron chi connectivity index (χ2n) is 3.30. The Bertz CT molecular complexity index is 377. The summed E-state index contributed by atoms with van der Waals surface area (Å²) in [6.07, 6.45) is 2.80. The van der Waals surface area contributed by atoms with Gasteiger partial charge in [-0.05, 0) is 30.4 Å². The van der Waals surface area contributed by atoms with Crippen LogP contribution in [-0.4, -0.2) is 16.2 Å². The summed E-state index contributed by atoms with van der Waals surface area (Å²) in [5.74, 6) is 0.792. The zero-order valence-corrected chi connectivity index (χ0v) is 8.08. The molecule has 1 aromatic rings. The molecule has 1 saturated carbocycles. The van der Waals surface area contributed by atoms with Crippen LogP contribution in [0.25, 0.3) is 0 Å². The topological polar surface area (TPSA) is 62.2 Å². The number of amides is 1. The van der Waals surface area contributed by atoms with Crippen molar-refractivity contribution in [1.29, 1.82) is 0 Å². The second-order valence-corrected chi connectivity index (χ2v) is 3.70. The Morgan fingerprint density at radius 1 is 1.64 bits per heavy atom. The van der Waals surface area contributed by atoms with Crippen LogP contribution in [0.4, 0.5) is 10.6 Å². The van der Waals surface area contributed by atoms with Gasteiger partial charge in [-0.2, -0.15) is 0 Å². The van der Waals surface area contributed by atoms with Gasteiger partial charge in [-0.15, -0.1) is 0 Å². The Morgan fingerprint density at radius 2 is 2.36 bits per heavy atom. The van der Waals surface area contributed by atoms with E-state index in [2.05, 4.69) is 10.3 Å². The summed E-state index contributed by atoms with van der Waals surface area (Å²) in [6.45, 7) is 0. The van der Waals surface area contributed by atoms with E-state index in [1.165, 1.54) is 0 Å². The lowest BCUT2D eigenvalue weighted by molar-refractivity contribution is 0.209. The lowest BCUT2D eigenvalue weighted by atomic mass is 10.2. The zero-order chi connectivity index (χ0) is 10.1. The van der Waals surface area contributed by atoms with Gasteiger partial charge in [-0.3, -0.25) is 5.32 Å². The van der Waals surface area contributed by atoms with E-state index in [1.54, 1.807) is 12.3 Å². The van der Waals surface area contributed by atoms with Gasteiger partial charge in [0.15, 0.2) is 0 Å². The van der Waals surface area contributed by atoms with E-state index in [-0.39, 0.29) is 5.82 Å². The Morgan fingerprint density at radius 3 is 2.86 bits per heavy atom. The summed E-state index contributed by atoms with van der Waals surface area (Å²) in [5.41, 5.74) is 1.02. The normalized spacial score (nSPS) is 15.2. The molecule has 0 aliphatic heterocycles. The van der Waals surface area contributed by atoms with Crippen LogP contribution in [0.2, 0.25) is 5.02 Å². The van der Waals surface area contributed by atoms with Gasteiger partial charge in [0, 0.05) is 11.2 Å². The fourth-order valence-corrected chi connectivity index (χ4v) is 1.62. The van der Waals surface area contributed by atoms with Gasteiger partial charge in [0.05, 0.1) is 0 Å². The van der Waals surface area contributed by atoms with Gasteiger partial charge in [0.25, 0.3) is 0 Å². The molecule has 0 spiro atoms. The molecule has 0 bridgehead atoms. The van der Waals surface area contributed by atoms with Crippen LogP contribution in [-0.2, 0) is 0 Å². The van der Waals surface area contributed by atoms with E-state index in [0.29, 0.717) is 10.9 Å². The van der Waals surface area contributed by atoms with Gasteiger partial charge in [0.1, 0.15) is 5.82 Å². The first-order valence-electron chi connectivity index (χ1n) is 4.32. The maximum Gasteiger partial charge on any atom is 0.410 e. The largest absolute Gasteiger partial charge is 0.465 e. The molecule has 1 fully saturated rings. The van der Waals surface area contributed by atoms with Crippen molar-refractivity contribution in [3.63, 3.8) is 0 Å². The van der Waals surface area contributed by atoms with Crippen LogP contribution in [0, 0.1) is 0 Å². The molecule has 1 aliphatic carbocycles. The van der Waals surface area contributed by atoms with Gasteiger partial charge < -0.3 is 5.11 Å². The minimum absolute atomic E-state index is 0.270. The molecule has 2 rings (SSSR count). The summed E-state index contributed by atoms with van der Waals surface area (Å²) in [7, 11) is 0. The van der Waals surface area contributed by atoms with Crippen molar-refractivity contribution in [3.8, 4) is 0 Å². The van der Waals surface area contributed by atoms with E-state index in [4.69, 9.17) is 16.7 Å². The molecule has 0 radical (unpaired) electrons. The van der Waals surface area contributed by atoms with Gasteiger partial charge in [-0.1, -0.05) is 11.6 Å². The summed E-state index contributed by atoms with van der Waals surface area (Å²) in [6, 6.07) is 1.54. The number of rotatable bonds is 2. The highest BCUT2D eigenvalue weighted by Gasteiger charge is 2.26. The molecule has 1 aliphatic rings. The summed E-state index contributed by atoms with van der Waals surface area (Å²) < 4.78 is 0. The lowest BCUT2D eigenvalue weighted by Crippen LogP contribution is -2.08. The first kappa shape index (κ1) is 9.27. The highest BCUT2D eigenvalue weighted by molar-refractivity contribution is 6.31. The zero-order valence-electron chi connectivity index (χ0n) is 7.33. The summed E-state index contributed by atoms with van der Waals surface area (Å²) in [4.78, 5) is 14.3. The minimum Gasteiger partial charge on any atom is -0.465 e. The standard InChI is InChI=1S/C9H9ClN2O2/c10-7-3-8(12-9(13)14)11-4-6(7)5-1-2-5/h3-5H,1-2H2,(H,11,12)(H,13,14). The van der Waals surface area contributed by atoms with Gasteiger partial charge in [-0.25, -0.2) is 9.78 Å². The van der Waals surface area contributed by atoms with E-state index in [9.17, 15) is 4.79 Å². The minimum atomic E-state index is -1.13. The molecular formula is C9H9ClN2O2. The van der Waals surface area contributed by atoms with Crippen molar-refractivity contribution in [3.05, 3.63) is 22.8 Å². The van der Waals surface area contributed by atoms with E-state index in [1.807, 2.05) is 0 Å². The molecule has 2 N–H and O–H groups in total. The maximum absolute atomic E-state index is 10.3. The molecule has 0 saturated heterocycles. The van der Waals surface area contributed by atoms with Crippen LogP contribution < -0.4 is 5.32 Å². The third kappa shape index (κ3) is 1.96. The number of nitrogens with zero attached hydrogens (tertiary/aromatic N) is 1. The van der Waals surface area contributed by atoms with Gasteiger partial charge in [0.2, 0.25) is 0 Å². The van der Waals surface area contributed by atoms with Crippen molar-refractivity contribution in [2.75, 3.05) is 5.32 Å². The molecule has 14 heavy (non-hydrogen) atoms. The van der Waals surface area contributed by atoms with Crippen molar-refractivity contribution in [2.45, 2.75) is 18.8 Å². The molecular weight excluding hydrogens is 204 g/mol. The highest BCUT2D eigenvalue weighted by atomic mass is 35.5. The third-order valence-electron chi connectivity index (χ3n) is 2.13. The predicted molar refractivity (Wildman–Crippen MR) is 52.9 cm³/mol. The Balaban J connectivity index is 2.21. The number of hydrogen-bond donors (Lipinski definition) is 2. The number of anilines is 1. The molecule has 0 unspecified atom stereocenters. The van der Waals surface area contributed by atoms with E-state index >= 15 is 0 Å². The van der Waals surface area contributed by atoms with Crippen molar-refractivity contribution in [1.82, 2.24) is 4.98 Å². The van der Waals surface area contributed by atoms with Crippen LogP contribution in [0.15, 0.2) is 12.3 Å². The van der Waals surface area contributed by atoms with Crippen LogP contribution in [0.5, 0.6) is 0 Å². The molecule has 5 heteroatoms. The van der Waals surface area contributed by atoms with Crippen LogP contribution >= 0.6 is 11.6 Å². The second kappa shape index (κ2) is 3.46. The number of nitrogens with one attached hydrogen (secondary N) is 1. The van der Waals surface area contributed by atoms with Gasteiger partial charge >= 0.3 is 6.09 Å². The molecule has 1 amide bonds. The monoisotopic (exact) mass is 212 g/mol. The number of pyridine rings is 1. The molecule has 1 heterocycles. The van der Waals surface area contributed by atoms with E-state index < -0.39 is 6.09 Å². The molecule has 0 aromatic carbocycles. The average molecular weight is 213 g/mol. The van der Waals surface area contributed by atoms with Crippen LogP contribution in [0.1, 0.15) is 24.3 Å². The quantitative estimate of drug-likeness (QED) is 0.792. The SMILES string of the molecule is O=C(O)Nc1cc(Cl)c(C2CC2)cn1. The van der Waals surface area contributed by atoms with Crippen molar-refractivity contribution in [2.24, 2.45) is 0 Å². The first-order valence-corrected chi connectivity index (χ1v) is 4.70. The lowest BCUT2D eigenvalue weighted by Gasteiger charge is -2.04.